The third-order valence-corrected chi connectivity index (χ3v) is 1.85. The van der Waals surface area contributed by atoms with E-state index in [0.29, 0.717) is 16.7 Å². The maximum Gasteiger partial charge on any atom is 0.249 e. The number of hydrogen-bond donors (Lipinski definition) is 1. The highest BCUT2D eigenvalue weighted by Crippen LogP contribution is 2.08. The third-order valence-electron chi connectivity index (χ3n) is 1.85. The molecule has 0 aliphatic carbocycles. The molecule has 14 heavy (non-hydrogen) atoms. The molecule has 0 bridgehead atoms. The second-order valence-corrected chi connectivity index (χ2v) is 3.02. The molecule has 6 heteroatoms. The molecule has 0 amide bonds. The first-order valence-corrected chi connectivity index (χ1v) is 3.99. The monoisotopic (exact) mass is 186 g/mol. The lowest BCUT2D eigenvalue weighted by Crippen LogP contribution is -2.20. The number of aromatic amines is 1. The Bertz CT molecular complexity index is 568. The molecule has 0 saturated carbocycles. The topological polar surface area (TPSA) is 63.6 Å². The van der Waals surface area contributed by atoms with Gasteiger partial charge in [-0.1, -0.05) is 11.8 Å². The van der Waals surface area contributed by atoms with Crippen LogP contribution in [-0.2, 0) is 0 Å². The van der Waals surface area contributed by atoms with Gasteiger partial charge >= 0.3 is 0 Å². The van der Waals surface area contributed by atoms with Crippen LogP contribution in [0.15, 0.2) is 17.4 Å². The third kappa shape index (κ3) is 1.15. The first-order chi connectivity index (χ1) is 6.59. The van der Waals surface area contributed by atoms with E-state index >= 15 is 0 Å². The smallest absolute Gasteiger partial charge is 0.249 e. The van der Waals surface area contributed by atoms with Crippen molar-refractivity contribution in [2.75, 3.05) is 0 Å². The molecular formula is C8H7BN4O. The van der Waals surface area contributed by atoms with Gasteiger partial charge in [-0.2, -0.15) is 0 Å². The molecule has 0 aromatic carbocycles. The van der Waals surface area contributed by atoms with Crippen LogP contribution in [0.1, 0.15) is 6.92 Å². The highest BCUT2D eigenvalue weighted by atomic mass is 16.1. The maximum absolute atomic E-state index is 11.1. The summed E-state index contributed by atoms with van der Waals surface area (Å²) in [6.07, 6.45) is 0. The fourth-order valence-electron chi connectivity index (χ4n) is 1.24. The number of hydrogen-bond acceptors (Lipinski definition) is 3. The van der Waals surface area contributed by atoms with Crippen LogP contribution in [0.25, 0.3) is 16.7 Å². The second-order valence-electron chi connectivity index (χ2n) is 3.02. The highest BCUT2D eigenvalue weighted by Gasteiger charge is 2.07. The number of nitrogens with zero attached hydrogens (tertiary/aromatic N) is 3. The van der Waals surface area contributed by atoms with Crippen molar-refractivity contribution in [3.8, 4) is 0 Å². The molecule has 2 aromatic rings. The Balaban J connectivity index is 2.92. The molecule has 5 nitrogen and oxygen atoms in total. The van der Waals surface area contributed by atoms with Gasteiger partial charge in [0.1, 0.15) is 18.9 Å². The Morgan fingerprint density at radius 3 is 3.07 bits per heavy atom. The number of aromatic nitrogens is 4. The Morgan fingerprint density at radius 1 is 1.71 bits per heavy atom. The van der Waals surface area contributed by atoms with E-state index in [4.69, 9.17) is 7.85 Å². The molecule has 0 saturated heterocycles. The molecule has 2 radical (unpaired) electrons. The zero-order valence-corrected chi connectivity index (χ0v) is 7.61. The van der Waals surface area contributed by atoms with Gasteiger partial charge in [-0.05, 0) is 12.5 Å². The molecule has 0 aliphatic rings. The first-order valence-electron chi connectivity index (χ1n) is 3.99. The van der Waals surface area contributed by atoms with Crippen molar-refractivity contribution < 1.29 is 0 Å². The number of H-pyrrole nitrogens is 1. The highest BCUT2D eigenvalue weighted by molar-refractivity contribution is 6.36. The minimum Gasteiger partial charge on any atom is -0.334 e. The second kappa shape index (κ2) is 2.83. The van der Waals surface area contributed by atoms with Crippen LogP contribution in [0, 0.1) is 0 Å². The van der Waals surface area contributed by atoms with Gasteiger partial charge < -0.3 is 4.98 Å². The van der Waals surface area contributed by atoms with E-state index in [0.717, 1.165) is 0 Å². The van der Waals surface area contributed by atoms with E-state index in [9.17, 15) is 4.79 Å². The van der Waals surface area contributed by atoms with E-state index in [1.54, 1.807) is 6.92 Å². The zero-order chi connectivity index (χ0) is 10.3. The van der Waals surface area contributed by atoms with Crippen LogP contribution in [0.5, 0.6) is 0 Å². The van der Waals surface area contributed by atoms with Gasteiger partial charge in [0.05, 0.1) is 0 Å². The zero-order valence-electron chi connectivity index (χ0n) is 7.61. The van der Waals surface area contributed by atoms with Crippen LogP contribution in [0.3, 0.4) is 0 Å². The average Bonchev–Trinajstić information content (AvgIpc) is 2.47. The van der Waals surface area contributed by atoms with E-state index in [1.807, 2.05) is 0 Å². The van der Waals surface area contributed by atoms with Gasteiger partial charge in [0, 0.05) is 11.8 Å². The summed E-state index contributed by atoms with van der Waals surface area (Å²) in [5.41, 5.74) is 1.67. The van der Waals surface area contributed by atoms with Crippen molar-refractivity contribution in [2.45, 2.75) is 6.92 Å². The van der Waals surface area contributed by atoms with Gasteiger partial charge in [0.2, 0.25) is 5.56 Å². The average molecular weight is 186 g/mol. The van der Waals surface area contributed by atoms with Gasteiger partial charge in [-0.15, -0.1) is 5.10 Å². The fraction of sp³-hybridized carbons (Fsp3) is 0.125. The molecule has 1 N–H and O–H groups in total. The van der Waals surface area contributed by atoms with E-state index in [1.165, 1.54) is 10.7 Å². The van der Waals surface area contributed by atoms with Crippen molar-refractivity contribution >= 4 is 30.2 Å². The van der Waals surface area contributed by atoms with Crippen LogP contribution in [-0.4, -0.2) is 27.8 Å². The Morgan fingerprint density at radius 2 is 2.43 bits per heavy atom. The van der Waals surface area contributed by atoms with Gasteiger partial charge in [0.25, 0.3) is 0 Å². The van der Waals surface area contributed by atoms with Crippen molar-refractivity contribution in [1.29, 1.82) is 0 Å². The number of fused-ring (bicyclic) bond motifs is 1. The molecule has 2 aromatic heterocycles. The molecule has 2 rings (SSSR count). The normalized spacial score (nSPS) is 10.6. The number of rotatable bonds is 1. The van der Waals surface area contributed by atoms with E-state index in [-0.39, 0.29) is 11.2 Å². The van der Waals surface area contributed by atoms with E-state index < -0.39 is 0 Å². The molecule has 68 valence electrons. The van der Waals surface area contributed by atoms with Crippen LogP contribution in [0.2, 0.25) is 0 Å². The van der Waals surface area contributed by atoms with Crippen molar-refractivity contribution in [3.05, 3.63) is 23.0 Å². The molecule has 2 heterocycles. The van der Waals surface area contributed by atoms with Crippen molar-refractivity contribution in [3.63, 3.8) is 0 Å². The van der Waals surface area contributed by atoms with Crippen molar-refractivity contribution in [2.24, 2.45) is 0 Å². The van der Waals surface area contributed by atoms with Crippen LogP contribution in [0.4, 0.5) is 0 Å². The quantitative estimate of drug-likeness (QED) is 0.605. The summed E-state index contributed by atoms with van der Waals surface area (Å²) in [6, 6.07) is 1.39. The number of pyridine rings is 1. The Kier molecular flexibility index (Phi) is 1.77. The molecule has 0 unspecified atom stereocenters. The fourth-order valence-corrected chi connectivity index (χ4v) is 1.24. The standard InChI is InChI=1S/C8H7BN4O/c1-4(2)13-5-3-6(14)10-8(9)7(5)11-12-13/h3H,1H2,2H3,(H,10,14). The summed E-state index contributed by atoms with van der Waals surface area (Å²) in [6.45, 7) is 5.48. The molecule has 0 spiro atoms. The lowest BCUT2D eigenvalue weighted by molar-refractivity contribution is 0.837. The Hall–Kier alpha value is -1.85. The number of allylic oxidation sites excluding steroid dienone is 1. The molecule has 0 atom stereocenters. The molecule has 0 aliphatic heterocycles. The largest absolute Gasteiger partial charge is 0.334 e. The SMILES string of the molecule is [B]c1[nH]c(=O)cc2c1nnn2C(=C)C. The summed E-state index contributed by atoms with van der Waals surface area (Å²) in [5, 5.41) is 7.66. The van der Waals surface area contributed by atoms with Gasteiger partial charge in [-0.25, -0.2) is 4.68 Å². The predicted molar refractivity (Wildman–Crippen MR) is 54.5 cm³/mol. The summed E-state index contributed by atoms with van der Waals surface area (Å²) in [5.74, 6) is 0. The minimum absolute atomic E-state index is 0.222. The summed E-state index contributed by atoms with van der Waals surface area (Å²) >= 11 is 0. The van der Waals surface area contributed by atoms with E-state index in [2.05, 4.69) is 21.9 Å². The summed E-state index contributed by atoms with van der Waals surface area (Å²) < 4.78 is 1.47. The Labute approximate surface area is 80.8 Å². The van der Waals surface area contributed by atoms with Crippen molar-refractivity contribution in [1.82, 2.24) is 20.0 Å². The maximum atomic E-state index is 11.1. The predicted octanol–water partition coefficient (Wildman–Crippen LogP) is -0.596. The summed E-state index contributed by atoms with van der Waals surface area (Å²) in [4.78, 5) is 13.6. The lowest BCUT2D eigenvalue weighted by atomic mass is 10.0. The first kappa shape index (κ1) is 8.74. The number of nitrogens with one attached hydrogen (secondary N) is 1. The molecular weight excluding hydrogens is 179 g/mol. The minimum atomic E-state index is -0.278. The van der Waals surface area contributed by atoms with Gasteiger partial charge in [0.15, 0.2) is 0 Å². The lowest BCUT2D eigenvalue weighted by Gasteiger charge is -1.99. The summed E-state index contributed by atoms with van der Waals surface area (Å²) in [7, 11) is 5.57. The van der Waals surface area contributed by atoms with Crippen LogP contribution < -0.4 is 11.2 Å². The van der Waals surface area contributed by atoms with Gasteiger partial charge in [-0.3, -0.25) is 4.79 Å². The molecule has 0 fully saturated rings. The van der Waals surface area contributed by atoms with Crippen LogP contribution >= 0.6 is 0 Å².